The van der Waals surface area contributed by atoms with Gasteiger partial charge in [-0.3, -0.25) is 0 Å². The summed E-state index contributed by atoms with van der Waals surface area (Å²) in [6.07, 6.45) is 0. The van der Waals surface area contributed by atoms with Crippen molar-refractivity contribution in [2.75, 3.05) is 0 Å². The van der Waals surface area contributed by atoms with Gasteiger partial charge in [-0.1, -0.05) is 49.7 Å². The van der Waals surface area contributed by atoms with Gasteiger partial charge in [-0.15, -0.1) is 0 Å². The van der Waals surface area contributed by atoms with Crippen LogP contribution in [0.15, 0.2) is 48.5 Å². The van der Waals surface area contributed by atoms with Gasteiger partial charge in [-0.2, -0.15) is 0 Å². The van der Waals surface area contributed by atoms with Gasteiger partial charge < -0.3 is 4.74 Å². The van der Waals surface area contributed by atoms with Crippen LogP contribution in [0.3, 0.4) is 0 Å². The van der Waals surface area contributed by atoms with Crippen molar-refractivity contribution < 1.29 is 4.74 Å². The van der Waals surface area contributed by atoms with E-state index in [4.69, 9.17) is 16.3 Å². The van der Waals surface area contributed by atoms with Crippen molar-refractivity contribution in [3.05, 3.63) is 59.1 Å². The minimum absolute atomic E-state index is 0.638. The number of benzene rings is 2. The van der Waals surface area contributed by atoms with Crippen LogP contribution in [0.1, 0.15) is 19.4 Å². The Labute approximate surface area is 108 Å². The van der Waals surface area contributed by atoms with Crippen molar-refractivity contribution in [2.45, 2.75) is 20.8 Å². The highest BCUT2D eigenvalue weighted by atomic mass is 35.5. The Bertz CT molecular complexity index is 452. The number of rotatable bonds is 2. The van der Waals surface area contributed by atoms with Crippen molar-refractivity contribution >= 4 is 11.6 Å². The van der Waals surface area contributed by atoms with Crippen LogP contribution in [-0.4, -0.2) is 0 Å². The van der Waals surface area contributed by atoms with Crippen LogP contribution in [0.25, 0.3) is 0 Å². The first-order chi connectivity index (χ1) is 8.25. The van der Waals surface area contributed by atoms with Gasteiger partial charge in [0.2, 0.25) is 0 Å². The first-order valence-electron chi connectivity index (χ1n) is 5.75. The van der Waals surface area contributed by atoms with Crippen molar-refractivity contribution in [1.29, 1.82) is 0 Å². The Kier molecular flexibility index (Phi) is 5.58. The van der Waals surface area contributed by atoms with Crippen molar-refractivity contribution in [2.24, 2.45) is 0 Å². The maximum Gasteiger partial charge on any atom is 0.146 e. The summed E-state index contributed by atoms with van der Waals surface area (Å²) < 4.78 is 5.63. The zero-order valence-electron chi connectivity index (χ0n) is 10.4. The molecule has 1 nitrogen and oxygen atoms in total. The molecule has 0 saturated carbocycles. The fourth-order valence-corrected chi connectivity index (χ4v) is 1.58. The zero-order valence-corrected chi connectivity index (χ0v) is 11.2. The van der Waals surface area contributed by atoms with Crippen LogP contribution in [0, 0.1) is 6.92 Å². The molecule has 2 heteroatoms. The molecule has 0 aliphatic carbocycles. The molecule has 0 unspecified atom stereocenters. The van der Waals surface area contributed by atoms with Crippen LogP contribution in [0.5, 0.6) is 11.5 Å². The molecule has 0 aliphatic rings. The normalized spacial score (nSPS) is 9.18. The summed E-state index contributed by atoms with van der Waals surface area (Å²) in [5.74, 6) is 1.48. The minimum Gasteiger partial charge on any atom is -0.456 e. The Hall–Kier alpha value is -1.47. The van der Waals surface area contributed by atoms with Crippen LogP contribution in [0.2, 0.25) is 5.02 Å². The van der Waals surface area contributed by atoms with E-state index in [0.29, 0.717) is 10.8 Å². The summed E-state index contributed by atoms with van der Waals surface area (Å²) in [5, 5.41) is 0.638. The Balaban J connectivity index is 0.000000686. The van der Waals surface area contributed by atoms with Crippen molar-refractivity contribution in [1.82, 2.24) is 0 Å². The van der Waals surface area contributed by atoms with Crippen LogP contribution in [0.4, 0.5) is 0 Å². The Morgan fingerprint density at radius 3 is 2.18 bits per heavy atom. The first-order valence-corrected chi connectivity index (χ1v) is 6.12. The fourth-order valence-electron chi connectivity index (χ4n) is 1.30. The maximum absolute atomic E-state index is 6.05. The lowest BCUT2D eigenvalue weighted by molar-refractivity contribution is 0.483. The summed E-state index contributed by atoms with van der Waals surface area (Å²) in [6.45, 7) is 6.00. The Morgan fingerprint density at radius 2 is 1.59 bits per heavy atom. The number of hydrogen-bond acceptors (Lipinski definition) is 1. The number of hydrogen-bond donors (Lipinski definition) is 0. The molecular weight excluding hydrogens is 232 g/mol. The van der Waals surface area contributed by atoms with E-state index in [1.165, 1.54) is 0 Å². The second-order valence-corrected chi connectivity index (χ2v) is 3.76. The molecule has 2 aromatic carbocycles. The molecule has 90 valence electrons. The molecule has 0 N–H and O–H groups in total. The number of para-hydroxylation sites is 1. The molecule has 0 atom stereocenters. The van der Waals surface area contributed by atoms with E-state index in [1.807, 2.05) is 69.3 Å². The topological polar surface area (TPSA) is 9.23 Å². The predicted molar refractivity (Wildman–Crippen MR) is 74.1 cm³/mol. The quantitative estimate of drug-likeness (QED) is 0.685. The smallest absolute Gasteiger partial charge is 0.146 e. The third-order valence-corrected chi connectivity index (χ3v) is 2.35. The first kappa shape index (κ1) is 13.6. The monoisotopic (exact) mass is 248 g/mol. The molecule has 17 heavy (non-hydrogen) atoms. The standard InChI is InChI=1S/C13H11ClO.C2H6/c1-10-7-8-13(12(14)9-10)15-11-5-3-2-4-6-11;1-2/h2-9H,1H3;1-2H3. The van der Waals surface area contributed by atoms with Gasteiger partial charge in [0, 0.05) is 0 Å². The van der Waals surface area contributed by atoms with E-state index >= 15 is 0 Å². The van der Waals surface area contributed by atoms with Gasteiger partial charge in [0.25, 0.3) is 0 Å². The Morgan fingerprint density at radius 1 is 0.941 bits per heavy atom. The van der Waals surface area contributed by atoms with E-state index in [-0.39, 0.29) is 0 Å². The van der Waals surface area contributed by atoms with Gasteiger partial charge >= 0.3 is 0 Å². The van der Waals surface area contributed by atoms with Crippen LogP contribution >= 0.6 is 11.6 Å². The maximum atomic E-state index is 6.05. The summed E-state index contributed by atoms with van der Waals surface area (Å²) in [7, 11) is 0. The number of aryl methyl sites for hydroxylation is 1. The summed E-state index contributed by atoms with van der Waals surface area (Å²) >= 11 is 6.05. The van der Waals surface area contributed by atoms with E-state index in [1.54, 1.807) is 0 Å². The molecular formula is C15H17ClO. The number of halogens is 1. The van der Waals surface area contributed by atoms with Gasteiger partial charge in [-0.05, 0) is 36.8 Å². The van der Waals surface area contributed by atoms with E-state index in [2.05, 4.69) is 0 Å². The second kappa shape index (κ2) is 6.97. The van der Waals surface area contributed by atoms with Gasteiger partial charge in [-0.25, -0.2) is 0 Å². The number of ether oxygens (including phenoxy) is 1. The molecule has 0 aromatic heterocycles. The molecule has 0 radical (unpaired) electrons. The van der Waals surface area contributed by atoms with Crippen LogP contribution < -0.4 is 4.74 Å². The molecule has 2 aromatic rings. The van der Waals surface area contributed by atoms with Crippen molar-refractivity contribution in [3.8, 4) is 11.5 Å². The lowest BCUT2D eigenvalue weighted by Crippen LogP contribution is -1.85. The highest BCUT2D eigenvalue weighted by molar-refractivity contribution is 6.32. The fraction of sp³-hybridized carbons (Fsp3) is 0.200. The zero-order chi connectivity index (χ0) is 12.7. The minimum atomic E-state index is 0.638. The average Bonchev–Trinajstić information content (AvgIpc) is 2.37. The van der Waals surface area contributed by atoms with Gasteiger partial charge in [0.05, 0.1) is 5.02 Å². The highest BCUT2D eigenvalue weighted by Gasteiger charge is 2.02. The molecule has 0 aliphatic heterocycles. The lowest BCUT2D eigenvalue weighted by Gasteiger charge is -2.07. The highest BCUT2D eigenvalue weighted by Crippen LogP contribution is 2.29. The summed E-state index contributed by atoms with van der Waals surface area (Å²) in [4.78, 5) is 0. The molecule has 0 saturated heterocycles. The largest absolute Gasteiger partial charge is 0.456 e. The molecule has 0 fully saturated rings. The predicted octanol–water partition coefficient (Wildman–Crippen LogP) is 5.47. The van der Waals surface area contributed by atoms with Gasteiger partial charge in [0.15, 0.2) is 0 Å². The summed E-state index contributed by atoms with van der Waals surface area (Å²) in [6, 6.07) is 15.3. The lowest BCUT2D eigenvalue weighted by atomic mass is 10.2. The molecule has 0 amide bonds. The van der Waals surface area contributed by atoms with E-state index in [0.717, 1.165) is 11.3 Å². The van der Waals surface area contributed by atoms with Gasteiger partial charge in [0.1, 0.15) is 11.5 Å². The van der Waals surface area contributed by atoms with E-state index in [9.17, 15) is 0 Å². The van der Waals surface area contributed by atoms with Crippen LogP contribution in [-0.2, 0) is 0 Å². The van der Waals surface area contributed by atoms with E-state index < -0.39 is 0 Å². The second-order valence-electron chi connectivity index (χ2n) is 3.35. The molecule has 0 bridgehead atoms. The third-order valence-electron chi connectivity index (χ3n) is 2.06. The molecule has 0 heterocycles. The average molecular weight is 249 g/mol. The van der Waals surface area contributed by atoms with Crippen molar-refractivity contribution in [3.63, 3.8) is 0 Å². The SMILES string of the molecule is CC.Cc1ccc(Oc2ccccc2)c(Cl)c1. The molecule has 2 rings (SSSR count). The third kappa shape index (κ3) is 4.12. The molecule has 0 spiro atoms. The summed E-state index contributed by atoms with van der Waals surface area (Å²) in [5.41, 5.74) is 1.13.